The maximum atomic E-state index is 12.4. The number of hydrogen-bond donors (Lipinski definition) is 1. The molecule has 0 atom stereocenters. The minimum atomic E-state index is 0.0340. The quantitative estimate of drug-likeness (QED) is 0.451. The van der Waals surface area contributed by atoms with Crippen LogP contribution in [0.4, 0.5) is 0 Å². The van der Waals surface area contributed by atoms with E-state index in [1.54, 1.807) is 11.7 Å². The molecule has 7 nitrogen and oxygen atoms in total. The molecule has 1 aliphatic rings. The summed E-state index contributed by atoms with van der Waals surface area (Å²) in [4.78, 5) is 18.9. The van der Waals surface area contributed by atoms with E-state index < -0.39 is 0 Å². The first-order valence-electron chi connectivity index (χ1n) is 10.3. The fourth-order valence-corrected chi connectivity index (χ4v) is 3.64. The summed E-state index contributed by atoms with van der Waals surface area (Å²) in [6, 6.07) is 8.72. The zero-order valence-corrected chi connectivity index (χ0v) is 17.3. The topological polar surface area (TPSA) is 67.5 Å². The Kier molecular flexibility index (Phi) is 6.90. The van der Waals surface area contributed by atoms with Crippen molar-refractivity contribution in [2.24, 2.45) is 4.99 Å². The normalized spacial score (nSPS) is 14.0. The zero-order valence-electron chi connectivity index (χ0n) is 17.3. The smallest absolute Gasteiger partial charge is 0.345 e. The first-order chi connectivity index (χ1) is 13.6. The highest BCUT2D eigenvalue weighted by Crippen LogP contribution is 2.09. The highest BCUT2D eigenvalue weighted by Gasteiger charge is 2.16. The van der Waals surface area contributed by atoms with Crippen LogP contribution in [0.25, 0.3) is 0 Å². The van der Waals surface area contributed by atoms with E-state index >= 15 is 0 Å². The molecule has 1 aromatic heterocycles. The van der Waals surface area contributed by atoms with Gasteiger partial charge < -0.3 is 10.2 Å². The Bertz CT molecular complexity index is 849. The monoisotopic (exact) mass is 384 g/mol. The van der Waals surface area contributed by atoms with E-state index in [0.717, 1.165) is 63.5 Å². The first kappa shape index (κ1) is 20.2. The summed E-state index contributed by atoms with van der Waals surface area (Å²) in [7, 11) is 3.84. The highest BCUT2D eigenvalue weighted by atomic mass is 16.2. The number of guanidine groups is 1. The fraction of sp³-hybridized carbons (Fsp3) is 0.571. The first-order valence-corrected chi connectivity index (χ1v) is 10.3. The third-order valence-corrected chi connectivity index (χ3v) is 5.29. The molecule has 1 aromatic carbocycles. The van der Waals surface area contributed by atoms with E-state index in [1.165, 1.54) is 11.1 Å². The number of benzene rings is 1. The molecule has 0 saturated heterocycles. The van der Waals surface area contributed by atoms with E-state index in [-0.39, 0.29) is 5.69 Å². The number of aromatic nitrogens is 3. The van der Waals surface area contributed by atoms with Crippen molar-refractivity contribution in [2.45, 2.75) is 58.7 Å². The van der Waals surface area contributed by atoms with Crippen LogP contribution in [0.1, 0.15) is 43.1 Å². The Labute approximate surface area is 167 Å². The Morgan fingerprint density at radius 3 is 2.68 bits per heavy atom. The minimum absolute atomic E-state index is 0.0340. The summed E-state index contributed by atoms with van der Waals surface area (Å²) in [6.07, 6.45) is 5.00. The molecule has 0 unspecified atom stereocenters. The maximum Gasteiger partial charge on any atom is 0.345 e. The molecule has 0 amide bonds. The second kappa shape index (κ2) is 9.57. The van der Waals surface area contributed by atoms with E-state index in [4.69, 9.17) is 0 Å². The molecule has 3 rings (SSSR count). The van der Waals surface area contributed by atoms with Crippen molar-refractivity contribution in [3.05, 3.63) is 51.7 Å². The lowest BCUT2D eigenvalue weighted by atomic mass is 10.1. The van der Waals surface area contributed by atoms with Crippen molar-refractivity contribution in [3.63, 3.8) is 0 Å². The lowest BCUT2D eigenvalue weighted by Crippen LogP contribution is -2.39. The van der Waals surface area contributed by atoms with Gasteiger partial charge in [-0.3, -0.25) is 9.56 Å². The number of rotatable bonds is 7. The molecule has 152 valence electrons. The molecule has 1 aliphatic heterocycles. The fourth-order valence-electron chi connectivity index (χ4n) is 3.64. The van der Waals surface area contributed by atoms with Gasteiger partial charge in [-0.05, 0) is 36.8 Å². The average molecular weight is 385 g/mol. The van der Waals surface area contributed by atoms with Crippen molar-refractivity contribution < 1.29 is 0 Å². The van der Waals surface area contributed by atoms with E-state index in [1.807, 2.05) is 11.6 Å². The van der Waals surface area contributed by atoms with Gasteiger partial charge in [0.15, 0.2) is 5.96 Å². The number of aryl methyl sites for hydroxylation is 3. The predicted octanol–water partition coefficient (Wildman–Crippen LogP) is 2.04. The molecule has 2 heterocycles. The van der Waals surface area contributed by atoms with E-state index in [0.29, 0.717) is 6.54 Å². The van der Waals surface area contributed by atoms with Crippen molar-refractivity contribution in [3.8, 4) is 0 Å². The highest BCUT2D eigenvalue weighted by molar-refractivity contribution is 5.79. The standard InChI is InChI=1S/C21H32N6O/c1-4-17-9-11-18(12-10-17)16-25(3)20(22-2)23-13-7-15-27-21(28)26-14-6-5-8-19(26)24-27/h9-12H,4-8,13-16H2,1-3H3,(H,22,23). The third-order valence-electron chi connectivity index (χ3n) is 5.29. The summed E-state index contributed by atoms with van der Waals surface area (Å²) in [5, 5.41) is 7.88. The third kappa shape index (κ3) is 4.82. The second-order valence-corrected chi connectivity index (χ2v) is 7.38. The van der Waals surface area contributed by atoms with E-state index in [2.05, 4.69) is 51.5 Å². The van der Waals surface area contributed by atoms with Crippen molar-refractivity contribution in [2.75, 3.05) is 20.6 Å². The molecule has 0 radical (unpaired) electrons. The van der Waals surface area contributed by atoms with Crippen LogP contribution in [0.3, 0.4) is 0 Å². The summed E-state index contributed by atoms with van der Waals surface area (Å²) >= 11 is 0. The molecule has 0 fully saturated rings. The molecule has 0 spiro atoms. The van der Waals surface area contributed by atoms with Gasteiger partial charge in [-0.1, -0.05) is 31.2 Å². The van der Waals surface area contributed by atoms with Crippen molar-refractivity contribution in [1.82, 2.24) is 24.6 Å². The maximum absolute atomic E-state index is 12.4. The number of nitrogens with one attached hydrogen (secondary N) is 1. The Balaban J connectivity index is 1.47. The summed E-state index contributed by atoms with van der Waals surface area (Å²) in [5.41, 5.74) is 2.65. The number of hydrogen-bond acceptors (Lipinski definition) is 3. The molecule has 0 aliphatic carbocycles. The van der Waals surface area contributed by atoms with Crippen molar-refractivity contribution >= 4 is 5.96 Å². The van der Waals surface area contributed by atoms with Crippen LogP contribution >= 0.6 is 0 Å². The largest absolute Gasteiger partial charge is 0.356 e. The number of nitrogens with zero attached hydrogens (tertiary/aromatic N) is 5. The van der Waals surface area contributed by atoms with Gasteiger partial charge in [-0.2, -0.15) is 5.10 Å². The van der Waals surface area contributed by atoms with Gasteiger partial charge in [0.1, 0.15) is 5.82 Å². The van der Waals surface area contributed by atoms with Crippen LogP contribution in [0, 0.1) is 0 Å². The van der Waals surface area contributed by atoms with E-state index in [9.17, 15) is 4.79 Å². The van der Waals surface area contributed by atoms with Gasteiger partial charge in [0.2, 0.25) is 0 Å². The van der Waals surface area contributed by atoms with Crippen LogP contribution in [-0.2, 0) is 32.5 Å². The molecule has 2 aromatic rings. The molecule has 1 N–H and O–H groups in total. The molecule has 0 bridgehead atoms. The summed E-state index contributed by atoms with van der Waals surface area (Å²) in [6.45, 7) is 5.16. The van der Waals surface area contributed by atoms with Crippen molar-refractivity contribution in [1.29, 1.82) is 0 Å². The lowest BCUT2D eigenvalue weighted by molar-refractivity contribution is 0.469. The summed E-state index contributed by atoms with van der Waals surface area (Å²) < 4.78 is 3.44. The Hall–Kier alpha value is -2.57. The van der Waals surface area contributed by atoms with Crippen LogP contribution in [0.2, 0.25) is 0 Å². The average Bonchev–Trinajstić information content (AvgIpc) is 3.04. The van der Waals surface area contributed by atoms with Gasteiger partial charge in [0.25, 0.3) is 0 Å². The molecule has 7 heteroatoms. The van der Waals surface area contributed by atoms with Gasteiger partial charge in [-0.25, -0.2) is 9.48 Å². The predicted molar refractivity (Wildman–Crippen MR) is 113 cm³/mol. The van der Waals surface area contributed by atoms with Gasteiger partial charge >= 0.3 is 5.69 Å². The van der Waals surface area contributed by atoms with Crippen LogP contribution in [0.5, 0.6) is 0 Å². The van der Waals surface area contributed by atoms with Crippen LogP contribution in [0.15, 0.2) is 34.1 Å². The molecular formula is C21H32N6O. The van der Waals surface area contributed by atoms with Crippen LogP contribution in [-0.4, -0.2) is 45.8 Å². The SMILES string of the molecule is CCc1ccc(CN(C)C(=NC)NCCCn2nc3n(c2=O)CCCC3)cc1. The lowest BCUT2D eigenvalue weighted by Gasteiger charge is -2.22. The zero-order chi connectivity index (χ0) is 19.9. The van der Waals surface area contributed by atoms with Gasteiger partial charge in [0, 0.05) is 46.7 Å². The Morgan fingerprint density at radius 1 is 1.25 bits per heavy atom. The number of aliphatic imine (C=N–C) groups is 1. The molecule has 28 heavy (non-hydrogen) atoms. The van der Waals surface area contributed by atoms with Gasteiger partial charge in [-0.15, -0.1) is 0 Å². The second-order valence-electron chi connectivity index (χ2n) is 7.38. The molecular weight excluding hydrogens is 352 g/mol. The van der Waals surface area contributed by atoms with Gasteiger partial charge in [0.05, 0.1) is 0 Å². The Morgan fingerprint density at radius 2 is 2.00 bits per heavy atom. The minimum Gasteiger partial charge on any atom is -0.356 e. The number of fused-ring (bicyclic) bond motifs is 1. The summed E-state index contributed by atoms with van der Waals surface area (Å²) in [5.74, 6) is 1.80. The van der Waals surface area contributed by atoms with Crippen LogP contribution < -0.4 is 11.0 Å². The molecule has 0 saturated carbocycles.